The molecule has 1 N–H and O–H groups in total. The standard InChI is InChI=1S/C16H32N2/c1-5-17-15-7-6-13(2)10-14(15)11-18-9-8-16(3,4)12-18/h13-15,17H,5-12H2,1-4H3. The number of nitrogens with zero attached hydrogens (tertiary/aromatic N) is 1. The lowest BCUT2D eigenvalue weighted by Gasteiger charge is -2.37. The van der Waals surface area contributed by atoms with Crippen molar-refractivity contribution in [3.05, 3.63) is 0 Å². The Bertz CT molecular complexity index is 262. The summed E-state index contributed by atoms with van der Waals surface area (Å²) in [5, 5.41) is 3.72. The van der Waals surface area contributed by atoms with E-state index in [0.29, 0.717) is 5.41 Å². The van der Waals surface area contributed by atoms with Crippen LogP contribution in [0.15, 0.2) is 0 Å². The first-order valence-corrected chi connectivity index (χ1v) is 7.96. The summed E-state index contributed by atoms with van der Waals surface area (Å²) in [6.45, 7) is 14.6. The van der Waals surface area contributed by atoms with Crippen LogP contribution in [0.2, 0.25) is 0 Å². The minimum atomic E-state index is 0.550. The van der Waals surface area contributed by atoms with Gasteiger partial charge in [0.15, 0.2) is 0 Å². The van der Waals surface area contributed by atoms with Crippen LogP contribution in [0.4, 0.5) is 0 Å². The first-order chi connectivity index (χ1) is 8.50. The molecule has 1 aliphatic carbocycles. The maximum Gasteiger partial charge on any atom is 0.0108 e. The van der Waals surface area contributed by atoms with Gasteiger partial charge in [-0.1, -0.05) is 27.7 Å². The van der Waals surface area contributed by atoms with Gasteiger partial charge in [0.1, 0.15) is 0 Å². The van der Waals surface area contributed by atoms with Crippen LogP contribution in [-0.2, 0) is 0 Å². The Kier molecular flexibility index (Phi) is 4.71. The lowest BCUT2D eigenvalue weighted by molar-refractivity contribution is 0.154. The Morgan fingerprint density at radius 1 is 1.28 bits per heavy atom. The molecule has 3 unspecified atom stereocenters. The Morgan fingerprint density at radius 3 is 2.67 bits per heavy atom. The highest BCUT2D eigenvalue weighted by molar-refractivity contribution is 4.89. The molecule has 1 saturated carbocycles. The average Bonchev–Trinajstić information content (AvgIpc) is 2.62. The van der Waals surface area contributed by atoms with E-state index in [2.05, 4.69) is 37.9 Å². The van der Waals surface area contributed by atoms with Gasteiger partial charge in [-0.15, -0.1) is 0 Å². The van der Waals surface area contributed by atoms with Gasteiger partial charge in [0.2, 0.25) is 0 Å². The van der Waals surface area contributed by atoms with E-state index in [1.807, 2.05) is 0 Å². The van der Waals surface area contributed by atoms with Gasteiger partial charge < -0.3 is 10.2 Å². The fraction of sp³-hybridized carbons (Fsp3) is 1.00. The van der Waals surface area contributed by atoms with E-state index < -0.39 is 0 Å². The third-order valence-corrected chi connectivity index (χ3v) is 4.96. The first-order valence-electron chi connectivity index (χ1n) is 7.96. The van der Waals surface area contributed by atoms with Crippen molar-refractivity contribution < 1.29 is 0 Å². The van der Waals surface area contributed by atoms with Gasteiger partial charge in [0, 0.05) is 19.1 Å². The fourth-order valence-electron chi connectivity index (χ4n) is 3.94. The minimum absolute atomic E-state index is 0.550. The van der Waals surface area contributed by atoms with E-state index in [0.717, 1.165) is 24.4 Å². The van der Waals surface area contributed by atoms with Gasteiger partial charge in [0.25, 0.3) is 0 Å². The zero-order valence-corrected chi connectivity index (χ0v) is 12.8. The van der Waals surface area contributed by atoms with Gasteiger partial charge in [-0.2, -0.15) is 0 Å². The summed E-state index contributed by atoms with van der Waals surface area (Å²) in [5.41, 5.74) is 0.550. The Balaban J connectivity index is 1.88. The highest BCUT2D eigenvalue weighted by atomic mass is 15.2. The zero-order chi connectivity index (χ0) is 13.2. The second-order valence-corrected chi connectivity index (χ2v) is 7.49. The van der Waals surface area contributed by atoms with Crippen LogP contribution in [0.3, 0.4) is 0 Å². The van der Waals surface area contributed by atoms with Crippen LogP contribution in [0, 0.1) is 17.3 Å². The van der Waals surface area contributed by atoms with E-state index >= 15 is 0 Å². The first kappa shape index (κ1) is 14.3. The normalized spacial score (nSPS) is 37.0. The molecule has 2 fully saturated rings. The van der Waals surface area contributed by atoms with Gasteiger partial charge >= 0.3 is 0 Å². The van der Waals surface area contributed by atoms with Crippen LogP contribution in [-0.4, -0.2) is 37.1 Å². The molecule has 18 heavy (non-hydrogen) atoms. The van der Waals surface area contributed by atoms with Gasteiger partial charge in [-0.05, 0) is 56.0 Å². The van der Waals surface area contributed by atoms with Gasteiger partial charge in [0.05, 0.1) is 0 Å². The third kappa shape index (κ3) is 3.71. The lowest BCUT2D eigenvalue weighted by Crippen LogP contribution is -2.45. The van der Waals surface area contributed by atoms with Crippen molar-refractivity contribution in [2.75, 3.05) is 26.2 Å². The van der Waals surface area contributed by atoms with Crippen molar-refractivity contribution in [3.63, 3.8) is 0 Å². The van der Waals surface area contributed by atoms with E-state index in [1.165, 1.54) is 45.3 Å². The molecule has 2 rings (SSSR count). The molecule has 1 heterocycles. The predicted molar refractivity (Wildman–Crippen MR) is 78.8 cm³/mol. The molecule has 2 aliphatic rings. The molecule has 2 heteroatoms. The molecule has 0 aromatic heterocycles. The molecule has 0 radical (unpaired) electrons. The number of likely N-dealkylation sites (tertiary alicyclic amines) is 1. The monoisotopic (exact) mass is 252 g/mol. The van der Waals surface area contributed by atoms with Crippen molar-refractivity contribution in [3.8, 4) is 0 Å². The van der Waals surface area contributed by atoms with Crippen molar-refractivity contribution >= 4 is 0 Å². The van der Waals surface area contributed by atoms with E-state index in [-0.39, 0.29) is 0 Å². The maximum atomic E-state index is 3.72. The molecule has 0 amide bonds. The molecule has 0 aromatic rings. The summed E-state index contributed by atoms with van der Waals surface area (Å²) in [5.74, 6) is 1.81. The highest BCUT2D eigenvalue weighted by Crippen LogP contribution is 2.33. The average molecular weight is 252 g/mol. The molecular formula is C16H32N2. The lowest BCUT2D eigenvalue weighted by atomic mass is 9.78. The van der Waals surface area contributed by atoms with Crippen LogP contribution in [0.5, 0.6) is 0 Å². The second kappa shape index (κ2) is 5.92. The molecule has 2 nitrogen and oxygen atoms in total. The van der Waals surface area contributed by atoms with Crippen LogP contribution < -0.4 is 5.32 Å². The zero-order valence-electron chi connectivity index (χ0n) is 12.8. The Hall–Kier alpha value is -0.0800. The van der Waals surface area contributed by atoms with E-state index in [9.17, 15) is 0 Å². The van der Waals surface area contributed by atoms with Crippen molar-refractivity contribution in [2.45, 2.75) is 59.4 Å². The summed E-state index contributed by atoms with van der Waals surface area (Å²) < 4.78 is 0. The maximum absolute atomic E-state index is 3.72. The molecule has 1 aliphatic heterocycles. The van der Waals surface area contributed by atoms with Crippen molar-refractivity contribution in [1.82, 2.24) is 10.2 Å². The number of rotatable bonds is 4. The summed E-state index contributed by atoms with van der Waals surface area (Å²) in [6, 6.07) is 0.773. The Morgan fingerprint density at radius 2 is 2.06 bits per heavy atom. The molecule has 0 spiro atoms. The SMILES string of the molecule is CCNC1CCC(C)CC1CN1CCC(C)(C)C1. The van der Waals surface area contributed by atoms with Crippen LogP contribution in [0.1, 0.15) is 53.4 Å². The topological polar surface area (TPSA) is 15.3 Å². The second-order valence-electron chi connectivity index (χ2n) is 7.49. The quantitative estimate of drug-likeness (QED) is 0.827. The van der Waals surface area contributed by atoms with Crippen molar-refractivity contribution in [1.29, 1.82) is 0 Å². The summed E-state index contributed by atoms with van der Waals surface area (Å²) in [7, 11) is 0. The molecular weight excluding hydrogens is 220 g/mol. The Labute approximate surface area is 114 Å². The van der Waals surface area contributed by atoms with E-state index in [4.69, 9.17) is 0 Å². The summed E-state index contributed by atoms with van der Waals surface area (Å²) >= 11 is 0. The summed E-state index contributed by atoms with van der Waals surface area (Å²) in [6.07, 6.45) is 5.60. The molecule has 0 aromatic carbocycles. The highest BCUT2D eigenvalue weighted by Gasteiger charge is 2.34. The minimum Gasteiger partial charge on any atom is -0.314 e. The molecule has 3 atom stereocenters. The summed E-state index contributed by atoms with van der Waals surface area (Å²) in [4.78, 5) is 2.72. The number of hydrogen-bond donors (Lipinski definition) is 1. The molecule has 1 saturated heterocycles. The largest absolute Gasteiger partial charge is 0.314 e. The molecule has 106 valence electrons. The van der Waals surface area contributed by atoms with Crippen LogP contribution >= 0.6 is 0 Å². The van der Waals surface area contributed by atoms with E-state index in [1.54, 1.807) is 0 Å². The van der Waals surface area contributed by atoms with Gasteiger partial charge in [-0.25, -0.2) is 0 Å². The smallest absolute Gasteiger partial charge is 0.0108 e. The molecule has 0 bridgehead atoms. The fourth-order valence-corrected chi connectivity index (χ4v) is 3.94. The number of hydrogen-bond acceptors (Lipinski definition) is 2. The third-order valence-electron chi connectivity index (χ3n) is 4.96. The predicted octanol–water partition coefficient (Wildman–Crippen LogP) is 3.13. The van der Waals surface area contributed by atoms with Gasteiger partial charge in [-0.3, -0.25) is 0 Å². The van der Waals surface area contributed by atoms with Crippen molar-refractivity contribution in [2.24, 2.45) is 17.3 Å². The number of nitrogens with one attached hydrogen (secondary N) is 1. The van der Waals surface area contributed by atoms with Crippen LogP contribution in [0.25, 0.3) is 0 Å².